The number of hydrogen-bond acceptors (Lipinski definition) is 4. The molecule has 3 N–H and O–H groups in total. The molecule has 1 aromatic carbocycles. The van der Waals surface area contributed by atoms with Crippen molar-refractivity contribution in [2.75, 3.05) is 19.0 Å². The Labute approximate surface area is 117 Å². The summed E-state index contributed by atoms with van der Waals surface area (Å²) in [5, 5.41) is 3.22. The molecule has 1 aliphatic heterocycles. The van der Waals surface area contributed by atoms with Crippen LogP contribution in [-0.4, -0.2) is 31.8 Å². The van der Waals surface area contributed by atoms with E-state index in [1.165, 1.54) is 0 Å². The van der Waals surface area contributed by atoms with E-state index in [1.54, 1.807) is 25.3 Å². The van der Waals surface area contributed by atoms with E-state index in [4.69, 9.17) is 26.8 Å². The van der Waals surface area contributed by atoms with Crippen LogP contribution >= 0.6 is 11.6 Å². The first-order valence-corrected chi connectivity index (χ1v) is 6.51. The fourth-order valence-corrected chi connectivity index (χ4v) is 2.18. The molecule has 0 saturated carbocycles. The average Bonchev–Trinajstić information content (AvgIpc) is 2.90. The molecule has 104 valence electrons. The summed E-state index contributed by atoms with van der Waals surface area (Å²) in [5.74, 6) is 0.429. The summed E-state index contributed by atoms with van der Waals surface area (Å²) in [6.07, 6.45) is 0.989. The molecule has 5 nitrogen and oxygen atoms in total. The van der Waals surface area contributed by atoms with Crippen LogP contribution in [0.4, 0.5) is 5.69 Å². The molecule has 2 rings (SSSR count). The number of anilines is 1. The minimum Gasteiger partial charge on any atom is -0.497 e. The third-order valence-corrected chi connectivity index (χ3v) is 3.42. The predicted octanol–water partition coefficient (Wildman–Crippen LogP) is 1.79. The van der Waals surface area contributed by atoms with E-state index in [1.807, 2.05) is 0 Å². The zero-order valence-electron chi connectivity index (χ0n) is 10.7. The molecule has 19 heavy (non-hydrogen) atoms. The van der Waals surface area contributed by atoms with E-state index >= 15 is 0 Å². The summed E-state index contributed by atoms with van der Waals surface area (Å²) in [4.78, 5) is 12.1. The Kier molecular flexibility index (Phi) is 4.63. The maximum Gasteiger partial charge on any atom is 0.253 e. The van der Waals surface area contributed by atoms with E-state index in [9.17, 15) is 4.79 Å². The molecule has 0 aromatic heterocycles. The number of hydrogen-bond donors (Lipinski definition) is 2. The molecule has 1 fully saturated rings. The first-order valence-electron chi connectivity index (χ1n) is 6.14. The first kappa shape index (κ1) is 14.1. The van der Waals surface area contributed by atoms with E-state index in [0.717, 1.165) is 6.42 Å². The van der Waals surface area contributed by atoms with Crippen LogP contribution in [0.25, 0.3) is 0 Å². The van der Waals surface area contributed by atoms with Gasteiger partial charge in [-0.05, 0) is 25.0 Å². The maximum atomic E-state index is 12.1. The van der Waals surface area contributed by atoms with Crippen molar-refractivity contribution in [2.24, 2.45) is 5.73 Å². The van der Waals surface area contributed by atoms with Gasteiger partial charge in [0.1, 0.15) is 11.9 Å². The van der Waals surface area contributed by atoms with Crippen molar-refractivity contribution in [3.05, 3.63) is 23.2 Å². The summed E-state index contributed by atoms with van der Waals surface area (Å²) >= 11 is 6.03. The molecule has 2 atom stereocenters. The topological polar surface area (TPSA) is 73.6 Å². The molecule has 6 heteroatoms. The van der Waals surface area contributed by atoms with Crippen LogP contribution in [0.2, 0.25) is 5.02 Å². The van der Waals surface area contributed by atoms with Gasteiger partial charge in [0.2, 0.25) is 0 Å². The summed E-state index contributed by atoms with van der Waals surface area (Å²) in [7, 11) is 1.56. The molecule has 1 saturated heterocycles. The Morgan fingerprint density at radius 3 is 3.00 bits per heavy atom. The van der Waals surface area contributed by atoms with Crippen molar-refractivity contribution in [3.63, 3.8) is 0 Å². The fraction of sp³-hybridized carbons (Fsp3) is 0.462. The monoisotopic (exact) mass is 284 g/mol. The minimum absolute atomic E-state index is 0.0310. The second-order valence-electron chi connectivity index (χ2n) is 4.39. The largest absolute Gasteiger partial charge is 0.497 e. The van der Waals surface area contributed by atoms with Crippen molar-refractivity contribution < 1.29 is 14.3 Å². The third kappa shape index (κ3) is 3.37. The summed E-state index contributed by atoms with van der Waals surface area (Å²) in [6.45, 7) is 0.434. The highest BCUT2D eigenvalue weighted by Gasteiger charge is 2.30. The molecule has 2 unspecified atom stereocenters. The summed E-state index contributed by atoms with van der Waals surface area (Å²) in [6, 6.07) is 5.08. The van der Waals surface area contributed by atoms with Gasteiger partial charge in [-0.2, -0.15) is 0 Å². The second kappa shape index (κ2) is 6.23. The molecule has 1 heterocycles. The summed E-state index contributed by atoms with van der Waals surface area (Å²) < 4.78 is 10.6. The van der Waals surface area contributed by atoms with Crippen LogP contribution in [0.5, 0.6) is 5.75 Å². The Balaban J connectivity index is 2.03. The lowest BCUT2D eigenvalue weighted by molar-refractivity contribution is -0.126. The molecular formula is C13H17ClN2O3. The Bertz CT molecular complexity index is 467. The number of carbonyl (C=O) groups excluding carboxylic acids is 1. The fourth-order valence-electron chi connectivity index (χ4n) is 2.01. The van der Waals surface area contributed by atoms with Crippen LogP contribution in [0.1, 0.15) is 12.8 Å². The van der Waals surface area contributed by atoms with Crippen molar-refractivity contribution >= 4 is 23.2 Å². The van der Waals surface area contributed by atoms with Gasteiger partial charge in [0, 0.05) is 12.6 Å². The molecule has 0 bridgehead atoms. The van der Waals surface area contributed by atoms with Gasteiger partial charge in [-0.15, -0.1) is 0 Å². The van der Waals surface area contributed by atoms with Gasteiger partial charge >= 0.3 is 0 Å². The SMILES string of the molecule is COc1ccc(Cl)c(NC(=O)C2CCC(CN)O2)c1. The highest BCUT2D eigenvalue weighted by Crippen LogP contribution is 2.28. The highest BCUT2D eigenvalue weighted by atomic mass is 35.5. The molecule has 1 aliphatic rings. The second-order valence-corrected chi connectivity index (χ2v) is 4.80. The first-order chi connectivity index (χ1) is 9.13. The number of halogens is 1. The number of nitrogens with one attached hydrogen (secondary N) is 1. The van der Waals surface area contributed by atoms with E-state index in [-0.39, 0.29) is 12.0 Å². The van der Waals surface area contributed by atoms with Gasteiger partial charge in [0.15, 0.2) is 0 Å². The number of rotatable bonds is 4. The Morgan fingerprint density at radius 1 is 1.58 bits per heavy atom. The van der Waals surface area contributed by atoms with Gasteiger partial charge in [0.05, 0.1) is 23.9 Å². The predicted molar refractivity (Wildman–Crippen MR) is 73.6 cm³/mol. The highest BCUT2D eigenvalue weighted by molar-refractivity contribution is 6.33. The molecule has 1 amide bonds. The lowest BCUT2D eigenvalue weighted by Crippen LogP contribution is -2.29. The lowest BCUT2D eigenvalue weighted by Gasteiger charge is -2.14. The van der Waals surface area contributed by atoms with Crippen LogP contribution in [0.3, 0.4) is 0 Å². The van der Waals surface area contributed by atoms with Gasteiger partial charge < -0.3 is 20.5 Å². The number of amides is 1. The molecular weight excluding hydrogens is 268 g/mol. The van der Waals surface area contributed by atoms with Gasteiger partial charge in [-0.25, -0.2) is 0 Å². The summed E-state index contributed by atoms with van der Waals surface area (Å²) in [5.41, 5.74) is 6.04. The van der Waals surface area contributed by atoms with Crippen molar-refractivity contribution in [2.45, 2.75) is 25.0 Å². The van der Waals surface area contributed by atoms with Crippen LogP contribution in [-0.2, 0) is 9.53 Å². The third-order valence-electron chi connectivity index (χ3n) is 3.09. The van der Waals surface area contributed by atoms with E-state index < -0.39 is 6.10 Å². The quantitative estimate of drug-likeness (QED) is 0.884. The van der Waals surface area contributed by atoms with Gasteiger partial charge in [-0.1, -0.05) is 11.6 Å². The minimum atomic E-state index is -0.462. The zero-order valence-corrected chi connectivity index (χ0v) is 11.4. The molecule has 0 radical (unpaired) electrons. The Hall–Kier alpha value is -1.30. The normalized spacial score (nSPS) is 22.3. The molecule has 0 spiro atoms. The maximum absolute atomic E-state index is 12.1. The molecule has 1 aromatic rings. The standard InChI is InChI=1S/C13H17ClN2O3/c1-18-8-2-4-10(14)11(6-8)16-13(17)12-5-3-9(7-15)19-12/h2,4,6,9,12H,3,5,7,15H2,1H3,(H,16,17). The van der Waals surface area contributed by atoms with Gasteiger partial charge in [-0.3, -0.25) is 4.79 Å². The lowest BCUT2D eigenvalue weighted by atomic mass is 10.2. The van der Waals surface area contributed by atoms with E-state index in [0.29, 0.717) is 29.4 Å². The van der Waals surface area contributed by atoms with Gasteiger partial charge in [0.25, 0.3) is 5.91 Å². The van der Waals surface area contributed by atoms with Crippen LogP contribution in [0, 0.1) is 0 Å². The van der Waals surface area contributed by atoms with Crippen LogP contribution < -0.4 is 15.8 Å². The zero-order chi connectivity index (χ0) is 13.8. The van der Waals surface area contributed by atoms with Crippen molar-refractivity contribution in [3.8, 4) is 5.75 Å². The number of methoxy groups -OCH3 is 1. The van der Waals surface area contributed by atoms with E-state index in [2.05, 4.69) is 5.32 Å². The van der Waals surface area contributed by atoms with Crippen LogP contribution in [0.15, 0.2) is 18.2 Å². The number of benzene rings is 1. The Morgan fingerprint density at radius 2 is 2.37 bits per heavy atom. The van der Waals surface area contributed by atoms with Crippen molar-refractivity contribution in [1.29, 1.82) is 0 Å². The molecule has 0 aliphatic carbocycles. The average molecular weight is 285 g/mol. The van der Waals surface area contributed by atoms with Crippen molar-refractivity contribution in [1.82, 2.24) is 0 Å². The number of nitrogens with two attached hydrogens (primary N) is 1. The smallest absolute Gasteiger partial charge is 0.253 e. The number of carbonyl (C=O) groups is 1. The number of ether oxygens (including phenoxy) is 2.